The van der Waals surface area contributed by atoms with Crippen LogP contribution < -0.4 is 10.6 Å². The summed E-state index contributed by atoms with van der Waals surface area (Å²) in [6.45, 7) is 4.95. The second-order valence-corrected chi connectivity index (χ2v) is 12.9. The van der Waals surface area contributed by atoms with Crippen LogP contribution in [0.5, 0.6) is 0 Å². The number of carbonyl (C=O) groups excluding carboxylic acids is 1. The molecule has 0 spiro atoms. The molecule has 0 radical (unpaired) electrons. The van der Waals surface area contributed by atoms with Crippen molar-refractivity contribution >= 4 is 43.2 Å². The average Bonchev–Trinajstić information content (AvgIpc) is 2.95. The second kappa shape index (κ2) is 12.3. The summed E-state index contributed by atoms with van der Waals surface area (Å²) in [7, 11) is -1.09. The molecule has 4 aromatic carbocycles. The van der Waals surface area contributed by atoms with Gasteiger partial charge in [-0.25, -0.2) is 8.42 Å². The summed E-state index contributed by atoms with van der Waals surface area (Å²) < 4.78 is 29.5. The number of amides is 1. The van der Waals surface area contributed by atoms with Crippen LogP contribution in [0.3, 0.4) is 0 Å². The molecular weight excluding hydrogens is 540 g/mol. The Bertz CT molecular complexity index is 1650. The van der Waals surface area contributed by atoms with Gasteiger partial charge < -0.3 is 10.6 Å². The number of nitro benzene ring substituents is 1. The minimum atomic E-state index is -4.28. The maximum absolute atomic E-state index is 14.1. The Morgan fingerprint density at radius 1 is 0.951 bits per heavy atom. The SMILES string of the molecule is CNCCCN(CC(C)(C)Cc1c2ccccc2cc2ccccc12)S(=O)(=O)c1ccc(C(=O)NC)cc1[N+](=O)[O-]. The molecule has 4 rings (SSSR count). The van der Waals surface area contributed by atoms with Crippen LogP contribution >= 0.6 is 0 Å². The van der Waals surface area contributed by atoms with E-state index in [2.05, 4.69) is 41.0 Å². The molecule has 2 N–H and O–H groups in total. The van der Waals surface area contributed by atoms with Gasteiger partial charge in [-0.15, -0.1) is 0 Å². The maximum Gasteiger partial charge on any atom is 0.290 e. The van der Waals surface area contributed by atoms with E-state index < -0.39 is 36.9 Å². The van der Waals surface area contributed by atoms with Gasteiger partial charge in [0.25, 0.3) is 11.6 Å². The maximum atomic E-state index is 14.1. The lowest BCUT2D eigenvalue weighted by molar-refractivity contribution is -0.387. The zero-order chi connectivity index (χ0) is 29.8. The van der Waals surface area contributed by atoms with Crippen LogP contribution in [-0.2, 0) is 16.4 Å². The Morgan fingerprint density at radius 2 is 1.56 bits per heavy atom. The first kappa shape index (κ1) is 30.1. The van der Waals surface area contributed by atoms with E-state index in [0.29, 0.717) is 19.4 Å². The Morgan fingerprint density at radius 3 is 2.12 bits per heavy atom. The van der Waals surface area contributed by atoms with Crippen molar-refractivity contribution in [1.82, 2.24) is 14.9 Å². The van der Waals surface area contributed by atoms with Crippen molar-refractivity contribution in [2.45, 2.75) is 31.6 Å². The molecular formula is C31H36N4O5S. The van der Waals surface area contributed by atoms with Gasteiger partial charge in [-0.3, -0.25) is 14.9 Å². The highest BCUT2D eigenvalue weighted by atomic mass is 32.2. The van der Waals surface area contributed by atoms with E-state index in [1.54, 1.807) is 7.05 Å². The summed E-state index contributed by atoms with van der Waals surface area (Å²) in [5.74, 6) is -0.536. The number of nitrogens with one attached hydrogen (secondary N) is 2. The van der Waals surface area contributed by atoms with Crippen molar-refractivity contribution in [2.24, 2.45) is 5.41 Å². The Hall–Kier alpha value is -3.86. The topological polar surface area (TPSA) is 122 Å². The van der Waals surface area contributed by atoms with E-state index in [1.807, 2.05) is 38.1 Å². The Balaban J connectivity index is 1.76. The molecule has 0 aliphatic carbocycles. The van der Waals surface area contributed by atoms with Crippen molar-refractivity contribution in [3.63, 3.8) is 0 Å². The highest BCUT2D eigenvalue weighted by Gasteiger charge is 2.36. The number of sulfonamides is 1. The molecule has 0 aliphatic heterocycles. The monoisotopic (exact) mass is 576 g/mol. The number of nitrogens with zero attached hydrogens (tertiary/aromatic N) is 2. The molecule has 4 aromatic rings. The number of rotatable bonds is 12. The fourth-order valence-electron chi connectivity index (χ4n) is 5.33. The molecule has 0 atom stereocenters. The van der Waals surface area contributed by atoms with E-state index in [-0.39, 0.29) is 18.7 Å². The minimum absolute atomic E-state index is 0.0167. The predicted molar refractivity (Wildman–Crippen MR) is 163 cm³/mol. The first-order valence-electron chi connectivity index (χ1n) is 13.5. The van der Waals surface area contributed by atoms with Crippen LogP contribution in [0, 0.1) is 15.5 Å². The van der Waals surface area contributed by atoms with Crippen LogP contribution in [0.1, 0.15) is 36.2 Å². The van der Waals surface area contributed by atoms with Gasteiger partial charge in [0, 0.05) is 31.8 Å². The summed E-state index contributed by atoms with van der Waals surface area (Å²) in [5, 5.41) is 21.9. The summed E-state index contributed by atoms with van der Waals surface area (Å²) in [6, 6.07) is 22.0. The van der Waals surface area contributed by atoms with Gasteiger partial charge in [-0.1, -0.05) is 62.4 Å². The second-order valence-electron chi connectivity index (χ2n) is 11.0. The molecule has 9 nitrogen and oxygen atoms in total. The lowest BCUT2D eigenvalue weighted by Gasteiger charge is -2.33. The average molecular weight is 577 g/mol. The zero-order valence-electron chi connectivity index (χ0n) is 23.8. The summed E-state index contributed by atoms with van der Waals surface area (Å²) in [5.41, 5.74) is -0.000952. The quantitative estimate of drug-likeness (QED) is 0.104. The summed E-state index contributed by atoms with van der Waals surface area (Å²) >= 11 is 0. The number of benzene rings is 4. The predicted octanol–water partition coefficient (Wildman–Crippen LogP) is 5.13. The van der Waals surface area contributed by atoms with Gasteiger partial charge in [0.2, 0.25) is 10.0 Å². The van der Waals surface area contributed by atoms with Gasteiger partial charge in [0.05, 0.1) is 4.92 Å². The smallest absolute Gasteiger partial charge is 0.290 e. The van der Waals surface area contributed by atoms with E-state index >= 15 is 0 Å². The van der Waals surface area contributed by atoms with Crippen molar-refractivity contribution in [3.05, 3.63) is 94.0 Å². The van der Waals surface area contributed by atoms with Crippen molar-refractivity contribution in [2.75, 3.05) is 33.7 Å². The lowest BCUT2D eigenvalue weighted by Crippen LogP contribution is -2.41. The highest BCUT2D eigenvalue weighted by Crippen LogP contribution is 2.36. The fraction of sp³-hybridized carbons (Fsp3) is 0.323. The van der Waals surface area contributed by atoms with Crippen molar-refractivity contribution < 1.29 is 18.1 Å². The molecule has 41 heavy (non-hydrogen) atoms. The third-order valence-electron chi connectivity index (χ3n) is 7.24. The molecule has 1 amide bonds. The molecule has 0 fully saturated rings. The van der Waals surface area contributed by atoms with E-state index in [0.717, 1.165) is 39.2 Å². The number of hydrogen-bond donors (Lipinski definition) is 2. The molecule has 0 bridgehead atoms. The first-order chi connectivity index (χ1) is 19.5. The van der Waals surface area contributed by atoms with Crippen LogP contribution in [0.4, 0.5) is 5.69 Å². The number of fused-ring (bicyclic) bond motifs is 2. The van der Waals surface area contributed by atoms with Crippen LogP contribution in [0.2, 0.25) is 0 Å². The fourth-order valence-corrected chi connectivity index (χ4v) is 7.13. The van der Waals surface area contributed by atoms with Gasteiger partial charge >= 0.3 is 0 Å². The molecule has 0 saturated heterocycles. The molecule has 0 aromatic heterocycles. The normalized spacial score (nSPS) is 12.2. The van der Waals surface area contributed by atoms with Crippen LogP contribution in [0.15, 0.2) is 77.7 Å². The van der Waals surface area contributed by atoms with Crippen LogP contribution in [-0.4, -0.2) is 57.3 Å². The van der Waals surface area contributed by atoms with Crippen LogP contribution in [0.25, 0.3) is 21.5 Å². The molecule has 0 saturated carbocycles. The largest absolute Gasteiger partial charge is 0.355 e. The molecule has 0 heterocycles. The lowest BCUT2D eigenvalue weighted by atomic mass is 9.82. The first-order valence-corrected chi connectivity index (χ1v) is 15.0. The Kier molecular flexibility index (Phi) is 9.06. The van der Waals surface area contributed by atoms with Gasteiger partial charge in [-0.05, 0) is 77.2 Å². The third-order valence-corrected chi connectivity index (χ3v) is 9.13. The third kappa shape index (κ3) is 6.56. The van der Waals surface area contributed by atoms with Gasteiger partial charge in [0.15, 0.2) is 4.90 Å². The summed E-state index contributed by atoms with van der Waals surface area (Å²) in [6.07, 6.45) is 1.11. The standard InChI is InChI=1S/C31H36N4O5S/c1-31(2,20-27-25-12-7-5-10-22(25)18-23-11-6-8-13-26(23)27)21-34(17-9-16-32-3)41(39,40)29-15-14-24(30(36)33-4)19-28(29)35(37)38/h5-8,10-15,18-19,32H,9,16-17,20-21H2,1-4H3,(H,33,36). The number of nitro groups is 1. The number of carbonyl (C=O) groups is 1. The minimum Gasteiger partial charge on any atom is -0.355 e. The zero-order valence-corrected chi connectivity index (χ0v) is 24.6. The van der Waals surface area contributed by atoms with Crippen molar-refractivity contribution in [3.8, 4) is 0 Å². The highest BCUT2D eigenvalue weighted by molar-refractivity contribution is 7.89. The van der Waals surface area contributed by atoms with Gasteiger partial charge in [0.1, 0.15) is 0 Å². The van der Waals surface area contributed by atoms with Crippen molar-refractivity contribution in [1.29, 1.82) is 0 Å². The summed E-state index contributed by atoms with van der Waals surface area (Å²) in [4.78, 5) is 22.9. The van der Waals surface area contributed by atoms with Gasteiger partial charge in [-0.2, -0.15) is 4.31 Å². The van der Waals surface area contributed by atoms with E-state index in [4.69, 9.17) is 0 Å². The van der Waals surface area contributed by atoms with E-state index in [9.17, 15) is 23.3 Å². The number of hydrogen-bond acceptors (Lipinski definition) is 6. The Labute approximate surface area is 240 Å². The molecule has 10 heteroatoms. The van der Waals surface area contributed by atoms with E-state index in [1.165, 1.54) is 17.4 Å². The molecule has 0 unspecified atom stereocenters. The molecule has 216 valence electrons. The molecule has 0 aliphatic rings.